The number of imidazole rings is 1. The molecule has 0 aliphatic heterocycles. The summed E-state index contributed by atoms with van der Waals surface area (Å²) < 4.78 is 44.6. The molecular weight excluding hydrogens is 384 g/mol. The molecule has 0 spiro atoms. The smallest absolute Gasteiger partial charge is 0.161 e. The van der Waals surface area contributed by atoms with Crippen molar-refractivity contribution in [3.63, 3.8) is 0 Å². The molecule has 1 unspecified atom stereocenters. The van der Waals surface area contributed by atoms with Gasteiger partial charge in [-0.25, -0.2) is 18.0 Å². The van der Waals surface area contributed by atoms with Crippen molar-refractivity contribution in [3.05, 3.63) is 65.3 Å². The zero-order valence-corrected chi connectivity index (χ0v) is 15.9. The first-order valence-electron chi connectivity index (χ1n) is 8.77. The van der Waals surface area contributed by atoms with Gasteiger partial charge in [-0.3, -0.25) is 4.98 Å². The van der Waals surface area contributed by atoms with E-state index in [1.54, 1.807) is 12.3 Å². The number of benzene rings is 1. The van der Waals surface area contributed by atoms with Crippen LogP contribution in [0.2, 0.25) is 0 Å². The standard InChI is InChI=1S/C20H17F2N3O2S/c1-3-6-27-19-10(2)9-23-18-11(4-5-16(28-26)17(18)19)20-24-14-7-12(21)13(22)8-15(14)25-20/h3,7-9,11H,1,4-6H2,2H3,(H,24,25). The van der Waals surface area contributed by atoms with Crippen LogP contribution in [-0.4, -0.2) is 30.6 Å². The van der Waals surface area contributed by atoms with Crippen molar-refractivity contribution in [3.8, 4) is 5.75 Å². The molecule has 5 nitrogen and oxygen atoms in total. The van der Waals surface area contributed by atoms with Crippen molar-refractivity contribution >= 4 is 27.2 Å². The zero-order valence-electron chi connectivity index (χ0n) is 15.1. The highest BCUT2D eigenvalue weighted by Crippen LogP contribution is 2.40. The topological polar surface area (TPSA) is 67.9 Å². The fraction of sp³-hybridized carbons (Fsp3) is 0.250. The van der Waals surface area contributed by atoms with E-state index in [-0.39, 0.29) is 5.92 Å². The summed E-state index contributed by atoms with van der Waals surface area (Å²) in [5.74, 6) is -0.944. The molecule has 0 amide bonds. The van der Waals surface area contributed by atoms with Crippen molar-refractivity contribution < 1.29 is 17.7 Å². The lowest BCUT2D eigenvalue weighted by Gasteiger charge is -2.26. The molecule has 144 valence electrons. The van der Waals surface area contributed by atoms with Crippen LogP contribution in [0, 0.1) is 18.6 Å². The Morgan fingerprint density at radius 3 is 2.93 bits per heavy atom. The fourth-order valence-corrected chi connectivity index (χ4v) is 4.02. The van der Waals surface area contributed by atoms with E-state index in [0.29, 0.717) is 69.4 Å². The molecule has 2 aromatic heterocycles. The van der Waals surface area contributed by atoms with Gasteiger partial charge in [0.15, 0.2) is 11.6 Å². The van der Waals surface area contributed by atoms with E-state index in [1.807, 2.05) is 6.92 Å². The number of hydrogen-bond acceptors (Lipinski definition) is 4. The maximum Gasteiger partial charge on any atom is 0.161 e. The summed E-state index contributed by atoms with van der Waals surface area (Å²) in [7, 11) is 0. The highest BCUT2D eigenvalue weighted by molar-refractivity contribution is 7.67. The van der Waals surface area contributed by atoms with Crippen molar-refractivity contribution in [1.29, 1.82) is 0 Å². The third kappa shape index (κ3) is 3.03. The number of rotatable bonds is 4. The second kappa shape index (κ2) is 7.27. The number of aryl methyl sites for hydroxylation is 1. The van der Waals surface area contributed by atoms with Crippen LogP contribution in [0.5, 0.6) is 5.75 Å². The van der Waals surface area contributed by atoms with Gasteiger partial charge in [0.2, 0.25) is 0 Å². The van der Waals surface area contributed by atoms with Crippen molar-refractivity contribution in [2.24, 2.45) is 0 Å². The Morgan fingerprint density at radius 2 is 2.18 bits per heavy atom. The number of hydrogen-bond donors (Lipinski definition) is 1. The van der Waals surface area contributed by atoms with Crippen LogP contribution in [0.3, 0.4) is 0 Å². The summed E-state index contributed by atoms with van der Waals surface area (Å²) in [5, 5.41) is 0. The van der Waals surface area contributed by atoms with E-state index in [2.05, 4.69) is 21.5 Å². The maximum atomic E-state index is 13.6. The number of nitrogens with one attached hydrogen (secondary N) is 1. The third-order valence-electron chi connectivity index (χ3n) is 4.83. The average molecular weight is 401 g/mol. The number of aromatic amines is 1. The Bertz CT molecular complexity index is 1110. The molecule has 1 aromatic carbocycles. The van der Waals surface area contributed by atoms with Gasteiger partial charge in [-0.15, -0.1) is 0 Å². The molecule has 1 aliphatic carbocycles. The van der Waals surface area contributed by atoms with Gasteiger partial charge < -0.3 is 9.72 Å². The van der Waals surface area contributed by atoms with Crippen LogP contribution < -0.4 is 4.74 Å². The van der Waals surface area contributed by atoms with Gasteiger partial charge >= 0.3 is 0 Å². The number of halogens is 2. The number of fused-ring (bicyclic) bond motifs is 2. The summed E-state index contributed by atoms with van der Waals surface area (Å²) in [6.45, 7) is 5.84. The van der Waals surface area contributed by atoms with E-state index in [0.717, 1.165) is 17.7 Å². The first-order chi connectivity index (χ1) is 13.5. The van der Waals surface area contributed by atoms with Gasteiger partial charge in [-0.05, 0) is 19.8 Å². The second-order valence-corrected chi connectivity index (χ2v) is 7.29. The monoisotopic (exact) mass is 401 g/mol. The number of pyridine rings is 1. The predicted octanol–water partition coefficient (Wildman–Crippen LogP) is 3.77. The average Bonchev–Trinajstić information content (AvgIpc) is 3.09. The van der Waals surface area contributed by atoms with Gasteiger partial charge in [0.05, 0.1) is 44.3 Å². The molecule has 28 heavy (non-hydrogen) atoms. The van der Waals surface area contributed by atoms with Gasteiger partial charge in [0.1, 0.15) is 18.2 Å². The van der Waals surface area contributed by atoms with Gasteiger partial charge in [-0.2, -0.15) is 0 Å². The summed E-state index contributed by atoms with van der Waals surface area (Å²) in [5.41, 5.74) is 2.95. The summed E-state index contributed by atoms with van der Waals surface area (Å²) >= 11 is 0.442. The first kappa shape index (κ1) is 18.5. The highest BCUT2D eigenvalue weighted by Gasteiger charge is 2.32. The van der Waals surface area contributed by atoms with E-state index in [4.69, 9.17) is 4.74 Å². The maximum absolute atomic E-state index is 13.6. The van der Waals surface area contributed by atoms with Crippen LogP contribution in [0.1, 0.15) is 41.4 Å². The Labute approximate surface area is 163 Å². The van der Waals surface area contributed by atoms with E-state index in [1.165, 1.54) is 0 Å². The highest BCUT2D eigenvalue weighted by atomic mass is 32.1. The predicted molar refractivity (Wildman–Crippen MR) is 104 cm³/mol. The Kier molecular flexibility index (Phi) is 4.80. The molecule has 0 saturated carbocycles. The lowest BCUT2D eigenvalue weighted by molar-refractivity contribution is 0.358. The second-order valence-electron chi connectivity index (χ2n) is 6.63. The molecule has 0 saturated heterocycles. The first-order valence-corrected chi connectivity index (χ1v) is 9.51. The van der Waals surface area contributed by atoms with Crippen molar-refractivity contribution in [2.45, 2.75) is 25.7 Å². The molecule has 8 heteroatoms. The quantitative estimate of drug-likeness (QED) is 0.534. The van der Waals surface area contributed by atoms with Crippen LogP contribution in [0.25, 0.3) is 11.0 Å². The lowest BCUT2D eigenvalue weighted by Crippen LogP contribution is -2.21. The van der Waals surface area contributed by atoms with Crippen molar-refractivity contribution in [2.75, 3.05) is 6.61 Å². The summed E-state index contributed by atoms with van der Waals surface area (Å²) in [4.78, 5) is 12.7. The zero-order chi connectivity index (χ0) is 19.8. The third-order valence-corrected chi connectivity index (χ3v) is 5.44. The molecule has 4 rings (SSSR count). The number of H-pyrrole nitrogens is 1. The molecule has 1 atom stereocenters. The minimum atomic E-state index is -0.943. The number of nitrogens with zero attached hydrogens (tertiary/aromatic N) is 2. The molecular formula is C20H17F2N3O2S. The molecule has 2 heterocycles. The number of ether oxygens (including phenoxy) is 1. The SMILES string of the molecule is C=CCOc1c(C)cnc2c1C(=S=O)CCC2c1nc2cc(F)c(F)cc2[nH]1. The normalized spacial score (nSPS) is 16.1. The lowest BCUT2D eigenvalue weighted by atomic mass is 9.85. The summed E-state index contributed by atoms with van der Waals surface area (Å²) in [6.07, 6.45) is 4.49. The molecule has 3 aromatic rings. The molecule has 1 aliphatic rings. The van der Waals surface area contributed by atoms with Gasteiger partial charge in [-0.1, -0.05) is 12.7 Å². The minimum absolute atomic E-state index is 0.240. The Morgan fingerprint density at radius 1 is 1.39 bits per heavy atom. The Balaban J connectivity index is 1.88. The van der Waals surface area contributed by atoms with Crippen LogP contribution in [0.15, 0.2) is 31.0 Å². The summed E-state index contributed by atoms with van der Waals surface area (Å²) in [6, 6.07) is 2.16. The van der Waals surface area contributed by atoms with E-state index < -0.39 is 11.6 Å². The van der Waals surface area contributed by atoms with Crippen LogP contribution >= 0.6 is 0 Å². The minimum Gasteiger partial charge on any atom is -0.488 e. The van der Waals surface area contributed by atoms with Crippen LogP contribution in [0.4, 0.5) is 8.78 Å². The van der Waals surface area contributed by atoms with Crippen LogP contribution in [-0.2, 0) is 11.3 Å². The Hall–Kier alpha value is -2.87. The van der Waals surface area contributed by atoms with Crippen molar-refractivity contribution in [1.82, 2.24) is 15.0 Å². The molecule has 0 radical (unpaired) electrons. The molecule has 0 fully saturated rings. The van der Waals surface area contributed by atoms with E-state index >= 15 is 0 Å². The van der Waals surface area contributed by atoms with Gasteiger partial charge in [0.25, 0.3) is 0 Å². The largest absolute Gasteiger partial charge is 0.488 e. The fourth-order valence-electron chi connectivity index (χ4n) is 3.54. The number of aromatic nitrogens is 3. The van der Waals surface area contributed by atoms with E-state index in [9.17, 15) is 13.0 Å². The molecule has 1 N–H and O–H groups in total. The molecule has 0 bridgehead atoms. The van der Waals surface area contributed by atoms with Gasteiger partial charge in [0, 0.05) is 23.9 Å².